The van der Waals surface area contributed by atoms with Gasteiger partial charge in [0, 0.05) is 18.8 Å². The van der Waals surface area contributed by atoms with Crippen LogP contribution >= 0.6 is 0 Å². The Balaban J connectivity index is 0.000000179. The highest BCUT2D eigenvalue weighted by molar-refractivity contribution is 5.46. The minimum absolute atomic E-state index is 1.08. The third-order valence-corrected chi connectivity index (χ3v) is 3.09. The number of hydrogen-bond acceptors (Lipinski definition) is 1. The molecule has 1 aliphatic heterocycles. The van der Waals surface area contributed by atoms with Crippen molar-refractivity contribution in [1.29, 1.82) is 0 Å². The summed E-state index contributed by atoms with van der Waals surface area (Å²) < 4.78 is 0. The molecule has 1 aromatic carbocycles. The van der Waals surface area contributed by atoms with E-state index < -0.39 is 0 Å². The molecule has 0 unspecified atom stereocenters. The van der Waals surface area contributed by atoms with Gasteiger partial charge in [0.25, 0.3) is 0 Å². The van der Waals surface area contributed by atoms with Crippen molar-refractivity contribution in [2.75, 3.05) is 18.0 Å². The average molecular weight is 203 g/mol. The van der Waals surface area contributed by atoms with E-state index in [9.17, 15) is 0 Å². The molecule has 0 spiro atoms. The van der Waals surface area contributed by atoms with Crippen molar-refractivity contribution < 1.29 is 0 Å². The lowest BCUT2D eigenvalue weighted by atomic mass is 10.3. The van der Waals surface area contributed by atoms with Gasteiger partial charge in [-0.2, -0.15) is 0 Å². The monoisotopic (exact) mass is 203 g/mol. The highest BCUT2D eigenvalue weighted by Crippen LogP contribution is 2.26. The first kappa shape index (κ1) is 10.5. The number of para-hydroxylation sites is 1. The summed E-state index contributed by atoms with van der Waals surface area (Å²) in [6, 6.07) is 10.7. The van der Waals surface area contributed by atoms with Crippen LogP contribution in [0.1, 0.15) is 32.6 Å². The van der Waals surface area contributed by atoms with Gasteiger partial charge in [0.05, 0.1) is 0 Å². The molecular formula is C14H21N. The molecule has 82 valence electrons. The van der Waals surface area contributed by atoms with Gasteiger partial charge in [-0.05, 0) is 30.9 Å². The van der Waals surface area contributed by atoms with Crippen molar-refractivity contribution in [3.8, 4) is 0 Å². The van der Waals surface area contributed by atoms with E-state index >= 15 is 0 Å². The molecule has 1 aromatic rings. The number of nitrogens with zero attached hydrogens (tertiary/aromatic N) is 1. The Bertz CT molecular complexity index is 271. The van der Waals surface area contributed by atoms with Crippen LogP contribution in [-0.4, -0.2) is 13.1 Å². The third kappa shape index (κ3) is 3.58. The fourth-order valence-electron chi connectivity index (χ4n) is 1.78. The predicted octanol–water partition coefficient (Wildman–Crippen LogP) is 3.70. The maximum atomic E-state index is 2.44. The van der Waals surface area contributed by atoms with Crippen LogP contribution in [0.5, 0.6) is 0 Å². The molecule has 1 saturated heterocycles. The zero-order chi connectivity index (χ0) is 10.5. The minimum atomic E-state index is 1.08. The molecule has 0 aromatic heterocycles. The minimum Gasteiger partial charge on any atom is -0.372 e. The van der Waals surface area contributed by atoms with E-state index in [4.69, 9.17) is 0 Å². The van der Waals surface area contributed by atoms with Gasteiger partial charge in [0.1, 0.15) is 0 Å². The number of benzene rings is 1. The molecule has 1 nitrogen and oxygen atoms in total. The van der Waals surface area contributed by atoms with Crippen molar-refractivity contribution in [2.45, 2.75) is 32.6 Å². The molecule has 0 radical (unpaired) electrons. The van der Waals surface area contributed by atoms with Crippen LogP contribution in [0.2, 0.25) is 0 Å². The molecule has 0 N–H and O–H groups in total. The summed E-state index contributed by atoms with van der Waals surface area (Å²) in [6.45, 7) is 4.76. The average Bonchev–Trinajstić information content (AvgIpc) is 2.90. The van der Waals surface area contributed by atoms with Crippen molar-refractivity contribution in [3.05, 3.63) is 30.3 Å². The Kier molecular flexibility index (Phi) is 3.65. The lowest BCUT2D eigenvalue weighted by molar-refractivity contribution is 0.949. The quantitative estimate of drug-likeness (QED) is 0.672. The van der Waals surface area contributed by atoms with E-state index in [0.29, 0.717) is 0 Å². The summed E-state index contributed by atoms with van der Waals surface area (Å²) >= 11 is 0. The van der Waals surface area contributed by atoms with Crippen LogP contribution in [0.4, 0.5) is 5.69 Å². The van der Waals surface area contributed by atoms with Crippen molar-refractivity contribution in [2.24, 2.45) is 5.92 Å². The molecule has 2 fully saturated rings. The number of anilines is 1. The summed E-state index contributed by atoms with van der Waals surface area (Å²) in [5.41, 5.74) is 1.38. The normalized spacial score (nSPS) is 19.7. The molecular weight excluding hydrogens is 182 g/mol. The molecule has 1 saturated carbocycles. The largest absolute Gasteiger partial charge is 0.372 e. The maximum Gasteiger partial charge on any atom is 0.0366 e. The third-order valence-electron chi connectivity index (χ3n) is 3.09. The SMILES string of the molecule is CC1CC1.c1ccc(N2CCCC2)cc1. The van der Waals surface area contributed by atoms with Crippen LogP contribution in [-0.2, 0) is 0 Å². The first-order valence-corrected chi connectivity index (χ1v) is 6.16. The fourth-order valence-corrected chi connectivity index (χ4v) is 1.78. The molecule has 2 aliphatic rings. The maximum absolute atomic E-state index is 2.44. The molecule has 1 heteroatoms. The van der Waals surface area contributed by atoms with Gasteiger partial charge in [-0.3, -0.25) is 0 Å². The number of hydrogen-bond donors (Lipinski definition) is 0. The van der Waals surface area contributed by atoms with E-state index in [1.807, 2.05) is 0 Å². The standard InChI is InChI=1S/C10H13N.C4H8/c1-2-6-10(7-3-1)11-8-4-5-9-11;1-4-2-3-4/h1-3,6-7H,4-5,8-9H2;4H,2-3H2,1H3. The lowest BCUT2D eigenvalue weighted by Gasteiger charge is -2.16. The number of rotatable bonds is 1. The highest BCUT2D eigenvalue weighted by atomic mass is 15.1. The first-order chi connectivity index (χ1) is 7.36. The topological polar surface area (TPSA) is 3.24 Å². The Morgan fingerprint density at radius 2 is 1.53 bits per heavy atom. The second-order valence-corrected chi connectivity index (χ2v) is 4.71. The van der Waals surface area contributed by atoms with Crippen molar-refractivity contribution in [1.82, 2.24) is 0 Å². The molecule has 1 aliphatic carbocycles. The van der Waals surface area contributed by atoms with E-state index in [1.165, 1.54) is 44.5 Å². The van der Waals surface area contributed by atoms with E-state index in [2.05, 4.69) is 42.2 Å². The molecule has 0 amide bonds. The summed E-state index contributed by atoms with van der Waals surface area (Å²) in [7, 11) is 0. The summed E-state index contributed by atoms with van der Waals surface area (Å²) in [6.07, 6.45) is 5.68. The fraction of sp³-hybridized carbons (Fsp3) is 0.571. The Hall–Kier alpha value is -0.980. The van der Waals surface area contributed by atoms with Crippen LogP contribution in [0.3, 0.4) is 0 Å². The zero-order valence-electron chi connectivity index (χ0n) is 9.65. The van der Waals surface area contributed by atoms with E-state index in [0.717, 1.165) is 5.92 Å². The van der Waals surface area contributed by atoms with Gasteiger partial charge >= 0.3 is 0 Å². The van der Waals surface area contributed by atoms with Crippen LogP contribution in [0.25, 0.3) is 0 Å². The van der Waals surface area contributed by atoms with E-state index in [1.54, 1.807) is 0 Å². The highest BCUT2D eigenvalue weighted by Gasteiger charge is 2.12. The predicted molar refractivity (Wildman–Crippen MR) is 66.3 cm³/mol. The molecule has 1 heterocycles. The van der Waals surface area contributed by atoms with Gasteiger partial charge < -0.3 is 4.90 Å². The molecule has 0 atom stereocenters. The van der Waals surface area contributed by atoms with Crippen LogP contribution in [0.15, 0.2) is 30.3 Å². The zero-order valence-corrected chi connectivity index (χ0v) is 9.65. The van der Waals surface area contributed by atoms with Crippen molar-refractivity contribution in [3.63, 3.8) is 0 Å². The smallest absolute Gasteiger partial charge is 0.0366 e. The van der Waals surface area contributed by atoms with Gasteiger partial charge in [-0.25, -0.2) is 0 Å². The Morgan fingerprint density at radius 1 is 1.00 bits per heavy atom. The summed E-state index contributed by atoms with van der Waals surface area (Å²) in [5.74, 6) is 1.08. The van der Waals surface area contributed by atoms with Gasteiger partial charge in [-0.15, -0.1) is 0 Å². The van der Waals surface area contributed by atoms with Crippen molar-refractivity contribution >= 4 is 5.69 Å². The summed E-state index contributed by atoms with van der Waals surface area (Å²) in [4.78, 5) is 2.44. The molecule has 3 rings (SSSR count). The Labute approximate surface area is 93.1 Å². The van der Waals surface area contributed by atoms with Gasteiger partial charge in [0.2, 0.25) is 0 Å². The second-order valence-electron chi connectivity index (χ2n) is 4.71. The van der Waals surface area contributed by atoms with E-state index in [-0.39, 0.29) is 0 Å². The molecule has 0 bridgehead atoms. The van der Waals surface area contributed by atoms with Gasteiger partial charge in [-0.1, -0.05) is 38.0 Å². The first-order valence-electron chi connectivity index (χ1n) is 6.16. The lowest BCUT2D eigenvalue weighted by Crippen LogP contribution is -2.16. The van der Waals surface area contributed by atoms with Gasteiger partial charge in [0.15, 0.2) is 0 Å². The summed E-state index contributed by atoms with van der Waals surface area (Å²) in [5, 5.41) is 0. The van der Waals surface area contributed by atoms with Crippen LogP contribution < -0.4 is 4.90 Å². The van der Waals surface area contributed by atoms with Crippen LogP contribution in [0, 0.1) is 5.92 Å². The second kappa shape index (κ2) is 5.20. The molecule has 15 heavy (non-hydrogen) atoms. The Morgan fingerprint density at radius 3 is 2.00 bits per heavy atom.